The average Bonchev–Trinajstić information content (AvgIpc) is 1.41. The van der Waals surface area contributed by atoms with E-state index in [1.54, 1.807) is 0 Å². The van der Waals surface area contributed by atoms with E-state index in [1.807, 2.05) is 6.92 Å². The molecule has 0 aliphatic rings. The maximum atomic E-state index is 7.64. The zero-order valence-corrected chi connectivity index (χ0v) is 4.40. The molecule has 0 aromatic heterocycles. The molecule has 2 nitrogen and oxygen atoms in total. The summed E-state index contributed by atoms with van der Waals surface area (Å²) in [5, 5.41) is 10.4. The van der Waals surface area contributed by atoms with Crippen molar-refractivity contribution in [3.05, 3.63) is 0 Å². The lowest BCUT2D eigenvalue weighted by molar-refractivity contribution is 0.320. The van der Waals surface area contributed by atoms with Crippen LogP contribution in [0.4, 0.5) is 0 Å². The van der Waals surface area contributed by atoms with Crippen LogP contribution in [0.15, 0.2) is 5.16 Å². The smallest absolute Gasteiger partial charge is 0.0433 e. The van der Waals surface area contributed by atoms with E-state index in [-0.39, 0.29) is 12.4 Å². The Hall–Kier alpha value is -0.240. The third kappa shape index (κ3) is 9.25. The summed E-state index contributed by atoms with van der Waals surface area (Å²) in [6, 6.07) is 0. The fourth-order valence-electron chi connectivity index (χ4n) is 0.0816. The predicted molar refractivity (Wildman–Crippen MR) is 27.8 cm³/mol. The van der Waals surface area contributed by atoms with Crippen LogP contribution in [0.1, 0.15) is 13.3 Å². The molecule has 0 aliphatic carbocycles. The fraction of sp³-hybridized carbons (Fsp3) is 0.667. The molecule has 0 fully saturated rings. The van der Waals surface area contributed by atoms with E-state index in [0.717, 1.165) is 6.42 Å². The lowest BCUT2D eigenvalue weighted by Gasteiger charge is -1.64. The Bertz CT molecular complexity index is 37.8. The number of oxime groups is 1. The highest BCUT2D eigenvalue weighted by molar-refractivity contribution is 5.85. The molecule has 1 N–H and O–H groups in total. The molecule has 0 radical (unpaired) electrons. The highest BCUT2D eigenvalue weighted by Gasteiger charge is 1.55. The molecule has 0 saturated carbocycles. The van der Waals surface area contributed by atoms with Crippen molar-refractivity contribution in [1.29, 1.82) is 0 Å². The zero-order chi connectivity index (χ0) is 4.12. The van der Waals surface area contributed by atoms with Gasteiger partial charge in [-0.25, -0.2) is 0 Å². The summed E-state index contributed by atoms with van der Waals surface area (Å²) in [5.74, 6) is 0. The molecule has 0 saturated heterocycles. The van der Waals surface area contributed by atoms with E-state index in [2.05, 4.69) is 5.16 Å². The number of rotatable bonds is 1. The first-order chi connectivity index (χ1) is 2.41. The van der Waals surface area contributed by atoms with Crippen LogP contribution < -0.4 is 0 Å². The molecule has 0 amide bonds. The molecule has 0 heterocycles. The van der Waals surface area contributed by atoms with Gasteiger partial charge in [0.1, 0.15) is 0 Å². The zero-order valence-electron chi connectivity index (χ0n) is 3.59. The van der Waals surface area contributed by atoms with Gasteiger partial charge in [0.15, 0.2) is 0 Å². The number of hydrogen-bond donors (Lipinski definition) is 1. The molecule has 0 aromatic carbocycles. The maximum Gasteiger partial charge on any atom is 0.0433 e. The lowest BCUT2D eigenvalue weighted by Crippen LogP contribution is -1.61. The average molecular weight is 110 g/mol. The van der Waals surface area contributed by atoms with Gasteiger partial charge in [0, 0.05) is 6.21 Å². The topological polar surface area (TPSA) is 32.6 Å². The normalized spacial score (nSPS) is 8.17. The minimum Gasteiger partial charge on any atom is -0.411 e. The second-order valence-corrected chi connectivity index (χ2v) is 0.706. The Morgan fingerprint density at radius 2 is 2.33 bits per heavy atom. The summed E-state index contributed by atoms with van der Waals surface area (Å²) in [6.07, 6.45) is 2.23. The van der Waals surface area contributed by atoms with Crippen LogP contribution in [-0.4, -0.2) is 11.4 Å². The van der Waals surface area contributed by atoms with Gasteiger partial charge in [-0.05, 0) is 6.42 Å². The summed E-state index contributed by atoms with van der Waals surface area (Å²) >= 11 is 0. The Morgan fingerprint density at radius 1 is 1.83 bits per heavy atom. The minimum atomic E-state index is 0. The van der Waals surface area contributed by atoms with Crippen LogP contribution in [0.5, 0.6) is 0 Å². The van der Waals surface area contributed by atoms with Crippen molar-refractivity contribution in [2.75, 3.05) is 0 Å². The fourth-order valence-corrected chi connectivity index (χ4v) is 0.0816. The molecule has 0 atom stereocenters. The van der Waals surface area contributed by atoms with Crippen molar-refractivity contribution in [3.8, 4) is 0 Å². The van der Waals surface area contributed by atoms with Crippen molar-refractivity contribution >= 4 is 18.6 Å². The number of hydrogen-bond acceptors (Lipinski definition) is 2. The van der Waals surface area contributed by atoms with Gasteiger partial charge in [0.05, 0.1) is 0 Å². The van der Waals surface area contributed by atoms with Crippen molar-refractivity contribution in [2.24, 2.45) is 5.16 Å². The first kappa shape index (κ1) is 9.23. The van der Waals surface area contributed by atoms with E-state index in [4.69, 9.17) is 5.21 Å². The van der Waals surface area contributed by atoms with Crippen molar-refractivity contribution in [2.45, 2.75) is 13.3 Å². The molecule has 0 rings (SSSR count). The van der Waals surface area contributed by atoms with E-state index < -0.39 is 0 Å². The molecular formula is C3H8ClNO. The molecule has 6 heavy (non-hydrogen) atoms. The van der Waals surface area contributed by atoms with E-state index >= 15 is 0 Å². The third-order valence-corrected chi connectivity index (χ3v) is 0.264. The largest absolute Gasteiger partial charge is 0.411 e. The SMILES string of the molecule is CCC=NO.Cl. The monoisotopic (exact) mass is 109 g/mol. The van der Waals surface area contributed by atoms with Gasteiger partial charge in [0.2, 0.25) is 0 Å². The summed E-state index contributed by atoms with van der Waals surface area (Å²) in [5.41, 5.74) is 0. The first-order valence-electron chi connectivity index (χ1n) is 1.57. The molecule has 3 heteroatoms. The predicted octanol–water partition coefficient (Wildman–Crippen LogP) is 1.28. The Labute approximate surface area is 43.3 Å². The van der Waals surface area contributed by atoms with E-state index in [9.17, 15) is 0 Å². The molecule has 0 aliphatic heterocycles. The van der Waals surface area contributed by atoms with Gasteiger partial charge in [0.25, 0.3) is 0 Å². The summed E-state index contributed by atoms with van der Waals surface area (Å²) < 4.78 is 0. The molecule has 38 valence electrons. The summed E-state index contributed by atoms with van der Waals surface area (Å²) in [7, 11) is 0. The molecular weight excluding hydrogens is 101 g/mol. The van der Waals surface area contributed by atoms with Crippen molar-refractivity contribution < 1.29 is 5.21 Å². The Morgan fingerprint density at radius 3 is 2.33 bits per heavy atom. The summed E-state index contributed by atoms with van der Waals surface area (Å²) in [4.78, 5) is 0. The number of nitrogens with zero attached hydrogens (tertiary/aromatic N) is 1. The van der Waals surface area contributed by atoms with Gasteiger partial charge >= 0.3 is 0 Å². The summed E-state index contributed by atoms with van der Waals surface area (Å²) in [6.45, 7) is 1.90. The molecule has 0 spiro atoms. The maximum absolute atomic E-state index is 7.64. The van der Waals surface area contributed by atoms with Crippen LogP contribution in [0.25, 0.3) is 0 Å². The van der Waals surface area contributed by atoms with Gasteiger partial charge in [-0.1, -0.05) is 6.92 Å². The quantitative estimate of drug-likeness (QED) is 0.307. The lowest BCUT2D eigenvalue weighted by atomic mass is 10.6. The van der Waals surface area contributed by atoms with Crippen LogP contribution >= 0.6 is 12.4 Å². The molecule has 0 unspecified atom stereocenters. The minimum absolute atomic E-state index is 0. The second kappa shape index (κ2) is 8.83. The van der Waals surface area contributed by atoms with Gasteiger partial charge < -0.3 is 5.21 Å². The molecule has 0 bridgehead atoms. The van der Waals surface area contributed by atoms with Gasteiger partial charge in [-0.15, -0.1) is 17.6 Å². The standard InChI is InChI=1S/C3H7NO.ClH/c1-2-3-4-5;/h3,5H,2H2,1H3;1H. The highest BCUT2D eigenvalue weighted by Crippen LogP contribution is 1.60. The second-order valence-electron chi connectivity index (χ2n) is 0.706. The van der Waals surface area contributed by atoms with Crippen LogP contribution in [0.3, 0.4) is 0 Å². The Balaban J connectivity index is 0. The van der Waals surface area contributed by atoms with Gasteiger partial charge in [-0.3, -0.25) is 0 Å². The first-order valence-corrected chi connectivity index (χ1v) is 1.57. The number of halogens is 1. The Kier molecular flexibility index (Phi) is 13.6. The van der Waals surface area contributed by atoms with Crippen LogP contribution in [-0.2, 0) is 0 Å². The molecule has 0 aromatic rings. The van der Waals surface area contributed by atoms with Crippen LogP contribution in [0.2, 0.25) is 0 Å². The van der Waals surface area contributed by atoms with Crippen molar-refractivity contribution in [1.82, 2.24) is 0 Å². The highest BCUT2D eigenvalue weighted by atomic mass is 35.5. The van der Waals surface area contributed by atoms with E-state index in [1.165, 1.54) is 6.21 Å². The van der Waals surface area contributed by atoms with E-state index in [0.29, 0.717) is 0 Å². The van der Waals surface area contributed by atoms with Gasteiger partial charge in [-0.2, -0.15) is 0 Å². The van der Waals surface area contributed by atoms with Crippen LogP contribution in [0, 0.1) is 0 Å². The van der Waals surface area contributed by atoms with Crippen molar-refractivity contribution in [3.63, 3.8) is 0 Å². The third-order valence-electron chi connectivity index (χ3n) is 0.264.